The molecule has 0 radical (unpaired) electrons. The van der Waals surface area contributed by atoms with Crippen LogP contribution in [0.5, 0.6) is 0 Å². The van der Waals surface area contributed by atoms with Crippen LogP contribution < -0.4 is 16.2 Å². The molecule has 3 N–H and O–H groups in total. The highest BCUT2D eigenvalue weighted by Crippen LogP contribution is 2.41. The molecule has 1 aliphatic carbocycles. The summed E-state index contributed by atoms with van der Waals surface area (Å²) in [5, 5.41) is 6.24. The van der Waals surface area contributed by atoms with Crippen LogP contribution in [0.1, 0.15) is 48.3 Å². The van der Waals surface area contributed by atoms with Gasteiger partial charge >= 0.3 is 0 Å². The van der Waals surface area contributed by atoms with Crippen LogP contribution in [0.25, 0.3) is 10.9 Å². The first-order valence-electron chi connectivity index (χ1n) is 10.7. The van der Waals surface area contributed by atoms with Gasteiger partial charge in [-0.25, -0.2) is 4.98 Å². The van der Waals surface area contributed by atoms with Crippen molar-refractivity contribution < 1.29 is 9.59 Å². The monoisotopic (exact) mass is 418 g/mol. The number of fused-ring (bicyclic) bond motifs is 1. The van der Waals surface area contributed by atoms with Gasteiger partial charge < -0.3 is 15.6 Å². The quantitative estimate of drug-likeness (QED) is 0.513. The van der Waals surface area contributed by atoms with E-state index in [-0.39, 0.29) is 17.3 Å². The number of H-pyrrole nitrogens is 1. The smallest absolute Gasteiger partial charge is 0.287 e. The Balaban J connectivity index is 1.30. The molecule has 2 amide bonds. The number of amides is 2. The molecule has 1 aromatic heterocycles. The summed E-state index contributed by atoms with van der Waals surface area (Å²) in [6.45, 7) is 0.837. The van der Waals surface area contributed by atoms with Gasteiger partial charge in [-0.05, 0) is 37.0 Å². The number of nitrogens with zero attached hydrogens (tertiary/aromatic N) is 1. The van der Waals surface area contributed by atoms with E-state index in [0.29, 0.717) is 30.4 Å². The van der Waals surface area contributed by atoms with E-state index in [1.807, 2.05) is 30.3 Å². The maximum atomic E-state index is 13.0. The second-order valence-electron chi connectivity index (χ2n) is 7.95. The van der Waals surface area contributed by atoms with Crippen molar-refractivity contribution in [1.82, 2.24) is 20.6 Å². The van der Waals surface area contributed by atoms with E-state index in [0.717, 1.165) is 31.2 Å². The van der Waals surface area contributed by atoms with Crippen LogP contribution >= 0.6 is 0 Å². The molecule has 0 bridgehead atoms. The first kappa shape index (κ1) is 20.8. The van der Waals surface area contributed by atoms with Crippen LogP contribution in [0.2, 0.25) is 0 Å². The number of para-hydroxylation sites is 1. The lowest BCUT2D eigenvalue weighted by Crippen LogP contribution is -2.43. The molecule has 0 saturated heterocycles. The Hall–Kier alpha value is -3.48. The van der Waals surface area contributed by atoms with Crippen molar-refractivity contribution in [2.45, 2.75) is 37.5 Å². The van der Waals surface area contributed by atoms with Crippen molar-refractivity contribution in [3.63, 3.8) is 0 Å². The minimum absolute atomic E-state index is 0.0123. The summed E-state index contributed by atoms with van der Waals surface area (Å²) in [6, 6.07) is 16.9. The summed E-state index contributed by atoms with van der Waals surface area (Å²) >= 11 is 0. The van der Waals surface area contributed by atoms with Crippen LogP contribution in [0.15, 0.2) is 59.4 Å². The normalized spacial score (nSPS) is 15.0. The Labute approximate surface area is 180 Å². The second-order valence-corrected chi connectivity index (χ2v) is 7.95. The fourth-order valence-electron chi connectivity index (χ4n) is 4.32. The number of hydrogen-bond donors (Lipinski definition) is 3. The molecule has 3 aromatic rings. The van der Waals surface area contributed by atoms with Crippen molar-refractivity contribution in [1.29, 1.82) is 0 Å². The van der Waals surface area contributed by atoms with Gasteiger partial charge in [0.2, 0.25) is 5.91 Å². The highest BCUT2D eigenvalue weighted by atomic mass is 16.2. The molecule has 0 unspecified atom stereocenters. The number of nitrogens with one attached hydrogen (secondary N) is 3. The summed E-state index contributed by atoms with van der Waals surface area (Å²) < 4.78 is 0. The summed E-state index contributed by atoms with van der Waals surface area (Å²) in [5.41, 5.74) is 0.765. The molecule has 1 heterocycles. The highest BCUT2D eigenvalue weighted by Gasteiger charge is 2.42. The number of aromatic amines is 1. The maximum absolute atomic E-state index is 13.0. The van der Waals surface area contributed by atoms with Gasteiger partial charge in [0.25, 0.3) is 11.5 Å². The summed E-state index contributed by atoms with van der Waals surface area (Å²) in [7, 11) is 0. The third-order valence-electron chi connectivity index (χ3n) is 5.97. The predicted octanol–water partition coefficient (Wildman–Crippen LogP) is 2.67. The molecule has 0 atom stereocenters. The van der Waals surface area contributed by atoms with Crippen LogP contribution in [-0.2, 0) is 10.2 Å². The topological polar surface area (TPSA) is 104 Å². The van der Waals surface area contributed by atoms with Crippen LogP contribution in [0.3, 0.4) is 0 Å². The number of benzene rings is 2. The predicted molar refractivity (Wildman–Crippen MR) is 119 cm³/mol. The van der Waals surface area contributed by atoms with Gasteiger partial charge in [0.1, 0.15) is 0 Å². The van der Waals surface area contributed by atoms with Gasteiger partial charge in [0.15, 0.2) is 5.82 Å². The van der Waals surface area contributed by atoms with Gasteiger partial charge in [-0.3, -0.25) is 14.4 Å². The zero-order valence-electron chi connectivity index (χ0n) is 17.3. The van der Waals surface area contributed by atoms with Gasteiger partial charge in [0, 0.05) is 13.1 Å². The van der Waals surface area contributed by atoms with Crippen molar-refractivity contribution in [3.05, 3.63) is 76.3 Å². The van der Waals surface area contributed by atoms with E-state index in [9.17, 15) is 14.4 Å². The number of rotatable bonds is 7. The third kappa shape index (κ3) is 4.35. The standard InChI is InChI=1S/C24H26N4O3/c29-21-18-11-4-5-12-19(18)27-20(28-21)22(30)25-15-8-16-26-23(31)24(13-6-7-14-24)17-9-2-1-3-10-17/h1-5,9-12H,6-8,13-16H2,(H,25,30)(H,26,31)(H,27,28,29). The van der Waals surface area contributed by atoms with Crippen LogP contribution in [-0.4, -0.2) is 34.9 Å². The third-order valence-corrected chi connectivity index (χ3v) is 5.97. The number of carbonyl (C=O) groups excluding carboxylic acids is 2. The Bertz CT molecular complexity index is 1130. The molecule has 0 spiro atoms. The van der Waals surface area contributed by atoms with E-state index in [4.69, 9.17) is 0 Å². The number of hydrogen-bond acceptors (Lipinski definition) is 4. The second kappa shape index (κ2) is 9.12. The maximum Gasteiger partial charge on any atom is 0.287 e. The fraction of sp³-hybridized carbons (Fsp3) is 0.333. The van der Waals surface area contributed by atoms with Gasteiger partial charge in [-0.1, -0.05) is 55.3 Å². The molecule has 1 aliphatic rings. The van der Waals surface area contributed by atoms with E-state index in [1.165, 1.54) is 0 Å². The molecule has 4 rings (SSSR count). The van der Waals surface area contributed by atoms with Crippen molar-refractivity contribution in [3.8, 4) is 0 Å². The Kier molecular flexibility index (Phi) is 6.11. The lowest BCUT2D eigenvalue weighted by Gasteiger charge is -2.28. The molecule has 7 heteroatoms. The van der Waals surface area contributed by atoms with E-state index in [2.05, 4.69) is 20.6 Å². The molecule has 160 valence electrons. The van der Waals surface area contributed by atoms with Crippen molar-refractivity contribution >= 4 is 22.7 Å². The van der Waals surface area contributed by atoms with Gasteiger partial charge in [-0.2, -0.15) is 0 Å². The van der Waals surface area contributed by atoms with E-state index < -0.39 is 11.3 Å². The van der Waals surface area contributed by atoms with Crippen LogP contribution in [0.4, 0.5) is 0 Å². The summed E-state index contributed by atoms with van der Waals surface area (Å²) in [6.07, 6.45) is 4.41. The highest BCUT2D eigenvalue weighted by molar-refractivity contribution is 5.92. The minimum Gasteiger partial charge on any atom is -0.355 e. The molecule has 1 saturated carbocycles. The molecule has 31 heavy (non-hydrogen) atoms. The van der Waals surface area contributed by atoms with E-state index >= 15 is 0 Å². The van der Waals surface area contributed by atoms with Gasteiger partial charge in [-0.15, -0.1) is 0 Å². The molecular weight excluding hydrogens is 392 g/mol. The van der Waals surface area contributed by atoms with Crippen molar-refractivity contribution in [2.24, 2.45) is 0 Å². The lowest BCUT2D eigenvalue weighted by atomic mass is 9.78. The zero-order valence-corrected chi connectivity index (χ0v) is 17.3. The Morgan fingerprint density at radius 3 is 2.39 bits per heavy atom. The number of carbonyl (C=O) groups is 2. The molecule has 7 nitrogen and oxygen atoms in total. The van der Waals surface area contributed by atoms with E-state index in [1.54, 1.807) is 24.3 Å². The minimum atomic E-state index is -0.445. The molecule has 2 aromatic carbocycles. The first-order valence-corrected chi connectivity index (χ1v) is 10.7. The summed E-state index contributed by atoms with van der Waals surface area (Å²) in [4.78, 5) is 44.2. The zero-order chi connectivity index (χ0) is 21.7. The SMILES string of the molecule is O=C(NCCCNC(=O)C1(c2ccccc2)CCCC1)c1nc2ccccc2c(=O)[nH]1. The first-order chi connectivity index (χ1) is 15.1. The van der Waals surface area contributed by atoms with Crippen molar-refractivity contribution in [2.75, 3.05) is 13.1 Å². The lowest BCUT2D eigenvalue weighted by molar-refractivity contribution is -0.126. The Morgan fingerprint density at radius 1 is 0.935 bits per heavy atom. The molecule has 0 aliphatic heterocycles. The molecule has 1 fully saturated rings. The summed E-state index contributed by atoms with van der Waals surface area (Å²) in [5.74, 6) is -0.393. The average Bonchev–Trinajstić information content (AvgIpc) is 3.30. The van der Waals surface area contributed by atoms with Crippen LogP contribution in [0, 0.1) is 0 Å². The largest absolute Gasteiger partial charge is 0.355 e. The average molecular weight is 418 g/mol. The molecular formula is C24H26N4O3. The fourth-order valence-corrected chi connectivity index (χ4v) is 4.32. The number of aromatic nitrogens is 2. The Morgan fingerprint density at radius 2 is 1.61 bits per heavy atom. The van der Waals surface area contributed by atoms with Gasteiger partial charge in [0.05, 0.1) is 16.3 Å².